The second kappa shape index (κ2) is 8.96. The average molecular weight is 520 g/mol. The Morgan fingerprint density at radius 3 is 2.93 bits per heavy atom. The number of aliphatic imine (C=N–C) groups is 1. The fourth-order valence-corrected chi connectivity index (χ4v) is 3.95. The van der Waals surface area contributed by atoms with Crippen molar-refractivity contribution in [2.45, 2.75) is 24.5 Å². The van der Waals surface area contributed by atoms with Crippen molar-refractivity contribution in [1.29, 1.82) is 0 Å². The van der Waals surface area contributed by atoms with Gasteiger partial charge in [-0.2, -0.15) is 5.10 Å². The molecule has 0 amide bonds. The van der Waals surface area contributed by atoms with E-state index in [0.29, 0.717) is 23.7 Å². The summed E-state index contributed by atoms with van der Waals surface area (Å²) in [6.45, 7) is 2.07. The van der Waals surface area contributed by atoms with E-state index in [1.807, 2.05) is 19.4 Å². The van der Waals surface area contributed by atoms with Crippen LogP contribution < -0.4 is 5.32 Å². The second-order valence-corrected chi connectivity index (χ2v) is 7.44. The minimum absolute atomic E-state index is 0. The van der Waals surface area contributed by atoms with Crippen LogP contribution >= 0.6 is 35.6 Å². The Labute approximate surface area is 186 Å². The highest BCUT2D eigenvalue weighted by atomic mass is 127. The van der Waals surface area contributed by atoms with Crippen LogP contribution in [-0.2, 0) is 11.8 Å². The molecule has 1 saturated heterocycles. The van der Waals surface area contributed by atoms with Gasteiger partial charge in [0.15, 0.2) is 5.96 Å². The lowest BCUT2D eigenvalue weighted by molar-refractivity contribution is -0.00806. The first kappa shape index (κ1) is 21.3. The minimum Gasteiger partial charge on any atom is -0.370 e. The molecule has 0 bridgehead atoms. The first-order chi connectivity index (χ1) is 13.1. The first-order valence-corrected chi connectivity index (χ1v) is 9.47. The quantitative estimate of drug-likeness (QED) is 0.384. The van der Waals surface area contributed by atoms with Gasteiger partial charge < -0.3 is 15.0 Å². The van der Waals surface area contributed by atoms with Gasteiger partial charge in [-0.25, -0.2) is 4.39 Å². The fourth-order valence-electron chi connectivity index (χ4n) is 3.65. The van der Waals surface area contributed by atoms with E-state index < -0.39 is 0 Å². The zero-order valence-corrected chi connectivity index (χ0v) is 18.9. The van der Waals surface area contributed by atoms with Crippen molar-refractivity contribution >= 4 is 41.5 Å². The number of rotatable bonds is 3. The standard InChI is InChI=1S/C19H23ClFN5O.HI/c1-22-19(24-16-8-13(16)18-14(20)4-3-5-15(18)21)26-6-7-27-17(11-26)12-9-23-25(2)10-12;/h3-5,9-10,13,16-17H,6-8,11H2,1-2H3,(H,22,24);1H. The summed E-state index contributed by atoms with van der Waals surface area (Å²) < 4.78 is 21.8. The van der Waals surface area contributed by atoms with Crippen molar-refractivity contribution in [2.75, 3.05) is 26.7 Å². The molecule has 1 saturated carbocycles. The minimum atomic E-state index is -0.241. The van der Waals surface area contributed by atoms with E-state index in [-0.39, 0.29) is 47.9 Å². The van der Waals surface area contributed by atoms with Crippen molar-refractivity contribution in [3.05, 3.63) is 52.6 Å². The molecule has 28 heavy (non-hydrogen) atoms. The van der Waals surface area contributed by atoms with Crippen LogP contribution in [0.5, 0.6) is 0 Å². The molecule has 2 aromatic rings. The molecule has 1 aliphatic carbocycles. The van der Waals surface area contributed by atoms with Gasteiger partial charge in [0.1, 0.15) is 11.9 Å². The lowest BCUT2D eigenvalue weighted by Crippen LogP contribution is -2.48. The summed E-state index contributed by atoms with van der Waals surface area (Å²) in [7, 11) is 3.66. The van der Waals surface area contributed by atoms with Crippen LogP contribution in [0.2, 0.25) is 5.02 Å². The number of nitrogens with one attached hydrogen (secondary N) is 1. The van der Waals surface area contributed by atoms with E-state index in [0.717, 1.165) is 24.5 Å². The third-order valence-electron chi connectivity index (χ3n) is 5.15. The van der Waals surface area contributed by atoms with E-state index in [1.54, 1.807) is 23.9 Å². The SMILES string of the molecule is CN=C(NC1CC1c1c(F)cccc1Cl)N1CCOC(c2cnn(C)c2)C1.I. The van der Waals surface area contributed by atoms with Crippen molar-refractivity contribution in [3.63, 3.8) is 0 Å². The molecule has 0 radical (unpaired) electrons. The summed E-state index contributed by atoms with van der Waals surface area (Å²) in [4.78, 5) is 6.61. The Morgan fingerprint density at radius 2 is 2.25 bits per heavy atom. The molecule has 6 nitrogen and oxygen atoms in total. The highest BCUT2D eigenvalue weighted by Gasteiger charge is 2.42. The molecule has 1 N–H and O–H groups in total. The lowest BCUT2D eigenvalue weighted by Gasteiger charge is -2.34. The van der Waals surface area contributed by atoms with E-state index in [2.05, 4.69) is 20.3 Å². The van der Waals surface area contributed by atoms with E-state index in [9.17, 15) is 4.39 Å². The highest BCUT2D eigenvalue weighted by molar-refractivity contribution is 14.0. The molecule has 0 spiro atoms. The van der Waals surface area contributed by atoms with Gasteiger partial charge in [-0.3, -0.25) is 9.67 Å². The number of aryl methyl sites for hydroxylation is 1. The summed E-state index contributed by atoms with van der Waals surface area (Å²) >= 11 is 6.20. The van der Waals surface area contributed by atoms with Gasteiger partial charge in [0.25, 0.3) is 0 Å². The average Bonchev–Trinajstić information content (AvgIpc) is 3.27. The third-order valence-corrected chi connectivity index (χ3v) is 5.48. The molecular weight excluding hydrogens is 496 g/mol. The maximum Gasteiger partial charge on any atom is 0.194 e. The van der Waals surface area contributed by atoms with E-state index in [4.69, 9.17) is 16.3 Å². The maximum absolute atomic E-state index is 14.2. The van der Waals surface area contributed by atoms with Crippen molar-refractivity contribution in [1.82, 2.24) is 20.0 Å². The van der Waals surface area contributed by atoms with Gasteiger partial charge in [0.05, 0.1) is 19.3 Å². The molecule has 3 unspecified atom stereocenters. The lowest BCUT2D eigenvalue weighted by atomic mass is 10.1. The normalized spacial score (nSPS) is 24.6. The molecule has 2 fully saturated rings. The van der Waals surface area contributed by atoms with Crippen LogP contribution in [0.3, 0.4) is 0 Å². The fraction of sp³-hybridized carbons (Fsp3) is 0.474. The summed E-state index contributed by atoms with van der Waals surface area (Å²) in [5.41, 5.74) is 1.66. The highest BCUT2D eigenvalue weighted by Crippen LogP contribution is 2.45. The van der Waals surface area contributed by atoms with Gasteiger partial charge in [0.2, 0.25) is 0 Å². The van der Waals surface area contributed by atoms with Crippen LogP contribution in [0.1, 0.15) is 29.6 Å². The molecule has 2 heterocycles. The van der Waals surface area contributed by atoms with Gasteiger partial charge >= 0.3 is 0 Å². The smallest absolute Gasteiger partial charge is 0.194 e. The number of hydrogen-bond acceptors (Lipinski definition) is 3. The maximum atomic E-state index is 14.2. The Morgan fingerprint density at radius 1 is 1.43 bits per heavy atom. The van der Waals surface area contributed by atoms with Crippen molar-refractivity contribution in [2.24, 2.45) is 12.0 Å². The second-order valence-electron chi connectivity index (χ2n) is 7.03. The van der Waals surface area contributed by atoms with Crippen LogP contribution in [0.4, 0.5) is 4.39 Å². The van der Waals surface area contributed by atoms with Gasteiger partial charge in [-0.05, 0) is 18.6 Å². The third kappa shape index (κ3) is 4.44. The molecule has 3 atom stereocenters. The molecule has 1 aromatic carbocycles. The number of aromatic nitrogens is 2. The number of guanidine groups is 1. The topological polar surface area (TPSA) is 54.7 Å². The Hall–Kier alpha value is -1.39. The number of benzene rings is 1. The summed E-state index contributed by atoms with van der Waals surface area (Å²) in [6, 6.07) is 4.98. The predicted molar refractivity (Wildman–Crippen MR) is 118 cm³/mol. The number of ether oxygens (including phenoxy) is 1. The molecular formula is C19H24ClFIN5O. The zero-order chi connectivity index (χ0) is 19.0. The van der Waals surface area contributed by atoms with Crippen LogP contribution in [0.25, 0.3) is 0 Å². The molecule has 9 heteroatoms. The predicted octanol–water partition coefficient (Wildman–Crippen LogP) is 3.34. The van der Waals surface area contributed by atoms with E-state index >= 15 is 0 Å². The van der Waals surface area contributed by atoms with Gasteiger partial charge in [0, 0.05) is 54.9 Å². The number of hydrogen-bond donors (Lipinski definition) is 1. The number of nitrogens with zero attached hydrogens (tertiary/aromatic N) is 4. The Kier molecular flexibility index (Phi) is 6.82. The first-order valence-electron chi connectivity index (χ1n) is 9.09. The molecule has 1 aliphatic heterocycles. The molecule has 4 rings (SSSR count). The van der Waals surface area contributed by atoms with E-state index in [1.165, 1.54) is 6.07 Å². The Bertz CT molecular complexity index is 840. The molecule has 2 aliphatic rings. The Balaban J connectivity index is 0.00000225. The van der Waals surface area contributed by atoms with Crippen molar-refractivity contribution < 1.29 is 9.13 Å². The summed E-state index contributed by atoms with van der Waals surface area (Å²) in [6.07, 6.45) is 4.61. The van der Waals surface area contributed by atoms with Crippen LogP contribution in [0, 0.1) is 5.82 Å². The number of morpholine rings is 1. The van der Waals surface area contributed by atoms with Crippen LogP contribution in [-0.4, -0.2) is 53.4 Å². The van der Waals surface area contributed by atoms with Crippen molar-refractivity contribution in [3.8, 4) is 0 Å². The summed E-state index contributed by atoms with van der Waals surface area (Å²) in [5.74, 6) is 0.646. The van der Waals surface area contributed by atoms with Crippen LogP contribution in [0.15, 0.2) is 35.6 Å². The zero-order valence-electron chi connectivity index (χ0n) is 15.8. The summed E-state index contributed by atoms with van der Waals surface area (Å²) in [5, 5.41) is 8.18. The molecule has 1 aromatic heterocycles. The number of halogens is 3. The van der Waals surface area contributed by atoms with Gasteiger partial charge in [-0.15, -0.1) is 24.0 Å². The van der Waals surface area contributed by atoms with Gasteiger partial charge in [-0.1, -0.05) is 17.7 Å². The molecule has 152 valence electrons. The largest absolute Gasteiger partial charge is 0.370 e. The monoisotopic (exact) mass is 519 g/mol.